The molecule has 3 aromatic rings. The van der Waals surface area contributed by atoms with E-state index < -0.39 is 0 Å². The van der Waals surface area contributed by atoms with Crippen LogP contribution in [-0.2, 0) is 4.79 Å². The van der Waals surface area contributed by atoms with Crippen molar-refractivity contribution in [1.82, 2.24) is 4.98 Å². The lowest BCUT2D eigenvalue weighted by atomic mass is 10.2. The molecule has 138 valence electrons. The van der Waals surface area contributed by atoms with Crippen molar-refractivity contribution in [3.63, 3.8) is 0 Å². The molecule has 2 N–H and O–H groups in total. The van der Waals surface area contributed by atoms with Gasteiger partial charge in [-0.3, -0.25) is 9.59 Å². The van der Waals surface area contributed by atoms with E-state index in [1.165, 1.54) is 18.3 Å². The fourth-order valence-corrected chi connectivity index (χ4v) is 3.72. The number of hydrogen-bond donors (Lipinski definition) is 2. The zero-order valence-corrected chi connectivity index (χ0v) is 16.7. The number of thiazole rings is 1. The quantitative estimate of drug-likeness (QED) is 0.626. The van der Waals surface area contributed by atoms with E-state index >= 15 is 0 Å². The first-order valence-corrected chi connectivity index (χ1v) is 9.46. The Balaban J connectivity index is 1.81. The molecule has 0 saturated heterocycles. The summed E-state index contributed by atoms with van der Waals surface area (Å²) in [4.78, 5) is 29.1. The van der Waals surface area contributed by atoms with Crippen LogP contribution in [0.25, 0.3) is 10.6 Å². The van der Waals surface area contributed by atoms with Crippen LogP contribution in [0.1, 0.15) is 27.9 Å². The number of anilines is 2. The predicted octanol–water partition coefficient (Wildman–Crippen LogP) is 5.29. The van der Waals surface area contributed by atoms with Crippen LogP contribution in [0.3, 0.4) is 0 Å². The Morgan fingerprint density at radius 3 is 2.37 bits per heavy atom. The third kappa shape index (κ3) is 4.53. The van der Waals surface area contributed by atoms with Crippen LogP contribution in [0, 0.1) is 13.8 Å². The van der Waals surface area contributed by atoms with Gasteiger partial charge in [-0.1, -0.05) is 11.6 Å². The molecule has 2 aromatic carbocycles. The monoisotopic (exact) mass is 399 g/mol. The van der Waals surface area contributed by atoms with E-state index in [9.17, 15) is 9.59 Å². The van der Waals surface area contributed by atoms with Gasteiger partial charge in [0.2, 0.25) is 5.91 Å². The third-order valence-electron chi connectivity index (χ3n) is 3.90. The minimum atomic E-state index is -0.254. The average Bonchev–Trinajstić information content (AvgIpc) is 2.99. The van der Waals surface area contributed by atoms with Crippen molar-refractivity contribution in [2.45, 2.75) is 20.8 Å². The summed E-state index contributed by atoms with van der Waals surface area (Å²) in [5.74, 6) is -0.375. The molecule has 0 spiro atoms. The second-order valence-corrected chi connectivity index (χ2v) is 7.74. The van der Waals surface area contributed by atoms with Crippen LogP contribution in [0.4, 0.5) is 11.4 Å². The number of benzene rings is 2. The number of hydrogen-bond acceptors (Lipinski definition) is 4. The fourth-order valence-electron chi connectivity index (χ4n) is 2.58. The lowest BCUT2D eigenvalue weighted by molar-refractivity contribution is -0.114. The van der Waals surface area contributed by atoms with Crippen LogP contribution in [0.2, 0.25) is 5.02 Å². The van der Waals surface area contributed by atoms with E-state index in [1.807, 2.05) is 38.1 Å². The molecule has 0 atom stereocenters. The summed E-state index contributed by atoms with van der Waals surface area (Å²) in [6, 6.07) is 12.7. The summed E-state index contributed by atoms with van der Waals surface area (Å²) >= 11 is 7.41. The highest BCUT2D eigenvalue weighted by atomic mass is 35.5. The van der Waals surface area contributed by atoms with Crippen LogP contribution in [0.15, 0.2) is 42.5 Å². The van der Waals surface area contributed by atoms with Gasteiger partial charge in [0, 0.05) is 33.8 Å². The second-order valence-electron chi connectivity index (χ2n) is 6.10. The van der Waals surface area contributed by atoms with Crippen LogP contribution >= 0.6 is 22.9 Å². The number of rotatable bonds is 4. The summed E-state index contributed by atoms with van der Waals surface area (Å²) in [5, 5.41) is 6.99. The molecule has 1 heterocycles. The Hall–Kier alpha value is -2.70. The number of carbonyl (C=O) groups excluding carboxylic acids is 2. The topological polar surface area (TPSA) is 71.1 Å². The second kappa shape index (κ2) is 7.90. The van der Waals surface area contributed by atoms with Crippen molar-refractivity contribution >= 4 is 46.1 Å². The molecule has 5 nitrogen and oxygen atoms in total. The molecular weight excluding hydrogens is 382 g/mol. The number of halogens is 1. The van der Waals surface area contributed by atoms with Crippen LogP contribution < -0.4 is 10.6 Å². The SMILES string of the molecule is CC(=O)Nc1ccc(-c2nc(C(=O)Nc3ccc(Cl)cc3C)c(C)s2)cc1. The van der Waals surface area contributed by atoms with Gasteiger partial charge in [0.25, 0.3) is 5.91 Å². The average molecular weight is 400 g/mol. The molecule has 0 radical (unpaired) electrons. The Morgan fingerprint density at radius 1 is 1.04 bits per heavy atom. The van der Waals surface area contributed by atoms with Crippen molar-refractivity contribution in [3.8, 4) is 10.6 Å². The Labute approximate surface area is 166 Å². The summed E-state index contributed by atoms with van der Waals surface area (Å²) < 4.78 is 0. The van der Waals surface area contributed by atoms with Gasteiger partial charge >= 0.3 is 0 Å². The number of amides is 2. The first-order chi connectivity index (χ1) is 12.8. The van der Waals surface area contributed by atoms with Gasteiger partial charge in [0.05, 0.1) is 0 Å². The Bertz CT molecular complexity index is 1010. The van der Waals surface area contributed by atoms with Crippen molar-refractivity contribution in [2.75, 3.05) is 10.6 Å². The maximum atomic E-state index is 12.6. The fraction of sp³-hybridized carbons (Fsp3) is 0.150. The molecule has 27 heavy (non-hydrogen) atoms. The van der Waals surface area contributed by atoms with Crippen LogP contribution in [-0.4, -0.2) is 16.8 Å². The summed E-state index contributed by atoms with van der Waals surface area (Å²) in [5.41, 5.74) is 3.60. The van der Waals surface area contributed by atoms with Crippen molar-refractivity contribution in [3.05, 3.63) is 63.6 Å². The lowest BCUT2D eigenvalue weighted by Gasteiger charge is -2.07. The molecule has 2 amide bonds. The highest BCUT2D eigenvalue weighted by molar-refractivity contribution is 7.15. The molecule has 1 aromatic heterocycles. The number of aryl methyl sites for hydroxylation is 2. The Kier molecular flexibility index (Phi) is 5.58. The third-order valence-corrected chi connectivity index (χ3v) is 5.16. The summed E-state index contributed by atoms with van der Waals surface area (Å²) in [7, 11) is 0. The maximum Gasteiger partial charge on any atom is 0.275 e. The number of nitrogens with zero attached hydrogens (tertiary/aromatic N) is 1. The van der Waals surface area contributed by atoms with Crippen LogP contribution in [0.5, 0.6) is 0 Å². The molecule has 0 saturated carbocycles. The number of nitrogens with one attached hydrogen (secondary N) is 2. The van der Waals surface area contributed by atoms with Gasteiger partial charge in [-0.15, -0.1) is 11.3 Å². The molecular formula is C20H18ClN3O2S. The standard InChI is InChI=1S/C20H18ClN3O2S/c1-11-10-15(21)6-9-17(11)23-19(26)18-12(2)27-20(24-18)14-4-7-16(8-5-14)22-13(3)25/h4-10H,1-3H3,(H,22,25)(H,23,26). The van der Waals surface area contributed by atoms with Crippen molar-refractivity contribution in [2.24, 2.45) is 0 Å². The first kappa shape index (κ1) is 19.1. The predicted molar refractivity (Wildman–Crippen MR) is 111 cm³/mol. The molecule has 0 unspecified atom stereocenters. The molecule has 0 aliphatic carbocycles. The van der Waals surface area contributed by atoms with E-state index in [0.29, 0.717) is 16.4 Å². The van der Waals surface area contributed by atoms with Gasteiger partial charge < -0.3 is 10.6 Å². The highest BCUT2D eigenvalue weighted by Gasteiger charge is 2.17. The molecule has 7 heteroatoms. The zero-order chi connectivity index (χ0) is 19.6. The zero-order valence-electron chi connectivity index (χ0n) is 15.1. The number of carbonyl (C=O) groups is 2. The molecule has 0 bridgehead atoms. The van der Waals surface area contributed by atoms with E-state index in [1.54, 1.807) is 18.2 Å². The normalized spacial score (nSPS) is 10.5. The minimum Gasteiger partial charge on any atom is -0.326 e. The molecule has 0 fully saturated rings. The smallest absolute Gasteiger partial charge is 0.275 e. The maximum absolute atomic E-state index is 12.6. The van der Waals surface area contributed by atoms with Crippen molar-refractivity contribution in [1.29, 1.82) is 0 Å². The molecule has 0 aliphatic rings. The van der Waals surface area contributed by atoms with Gasteiger partial charge in [-0.2, -0.15) is 0 Å². The number of aromatic nitrogens is 1. The molecule has 3 rings (SSSR count). The summed E-state index contributed by atoms with van der Waals surface area (Å²) in [6.07, 6.45) is 0. The largest absolute Gasteiger partial charge is 0.326 e. The van der Waals surface area contributed by atoms with Gasteiger partial charge in [0.15, 0.2) is 0 Å². The van der Waals surface area contributed by atoms with E-state index in [2.05, 4.69) is 15.6 Å². The minimum absolute atomic E-state index is 0.121. The first-order valence-electron chi connectivity index (χ1n) is 8.26. The van der Waals surface area contributed by atoms with E-state index in [4.69, 9.17) is 11.6 Å². The van der Waals surface area contributed by atoms with Gasteiger partial charge in [-0.25, -0.2) is 4.98 Å². The van der Waals surface area contributed by atoms with Crippen molar-refractivity contribution < 1.29 is 9.59 Å². The molecule has 0 aliphatic heterocycles. The Morgan fingerprint density at radius 2 is 1.74 bits per heavy atom. The van der Waals surface area contributed by atoms with E-state index in [0.717, 1.165) is 26.7 Å². The van der Waals surface area contributed by atoms with Gasteiger partial charge in [0.1, 0.15) is 10.7 Å². The van der Waals surface area contributed by atoms with Gasteiger partial charge in [-0.05, 0) is 61.9 Å². The highest BCUT2D eigenvalue weighted by Crippen LogP contribution is 2.29. The van der Waals surface area contributed by atoms with E-state index in [-0.39, 0.29) is 11.8 Å². The lowest BCUT2D eigenvalue weighted by Crippen LogP contribution is -2.14. The summed E-state index contributed by atoms with van der Waals surface area (Å²) in [6.45, 7) is 5.22.